The van der Waals surface area contributed by atoms with Crippen molar-refractivity contribution in [2.75, 3.05) is 33.4 Å². The van der Waals surface area contributed by atoms with Crippen LogP contribution in [0.2, 0.25) is 0 Å². The number of rotatable bonds is 8. The third kappa shape index (κ3) is 7.85. The molecule has 1 aromatic heterocycles. The molecular weight excluding hydrogens is 258 g/mol. The topological polar surface area (TPSA) is 45.7 Å². The molecule has 0 spiro atoms. The lowest BCUT2D eigenvalue weighted by Gasteiger charge is -2.12. The molecule has 1 heterocycles. The molecular formula is C14H25N3OS. The summed E-state index contributed by atoms with van der Waals surface area (Å²) >= 11 is 1.79. The molecule has 19 heavy (non-hydrogen) atoms. The first kappa shape index (κ1) is 16.0. The summed E-state index contributed by atoms with van der Waals surface area (Å²) in [7, 11) is 1.79. The second-order valence-electron chi connectivity index (χ2n) is 4.72. The van der Waals surface area contributed by atoms with Gasteiger partial charge in [0.25, 0.3) is 0 Å². The van der Waals surface area contributed by atoms with Gasteiger partial charge in [0.2, 0.25) is 0 Å². The molecule has 5 heteroatoms. The highest BCUT2D eigenvalue weighted by Crippen LogP contribution is 2.07. The lowest BCUT2D eigenvalue weighted by Crippen LogP contribution is -2.39. The molecule has 0 saturated carbocycles. The van der Waals surface area contributed by atoms with Crippen LogP contribution in [0.15, 0.2) is 22.5 Å². The molecule has 0 unspecified atom stereocenters. The molecule has 0 aliphatic heterocycles. The van der Waals surface area contributed by atoms with E-state index in [1.807, 2.05) is 0 Å². The molecule has 4 nitrogen and oxygen atoms in total. The van der Waals surface area contributed by atoms with Gasteiger partial charge in [0, 0.05) is 31.6 Å². The average molecular weight is 283 g/mol. The third-order valence-electron chi connectivity index (χ3n) is 2.46. The van der Waals surface area contributed by atoms with Gasteiger partial charge in [-0.1, -0.05) is 19.9 Å². The molecule has 0 fully saturated rings. The summed E-state index contributed by atoms with van der Waals surface area (Å²) in [4.78, 5) is 5.57. The van der Waals surface area contributed by atoms with Crippen molar-refractivity contribution in [1.82, 2.24) is 10.6 Å². The highest BCUT2D eigenvalue weighted by Gasteiger charge is 1.98. The van der Waals surface area contributed by atoms with Crippen molar-refractivity contribution in [3.8, 4) is 0 Å². The van der Waals surface area contributed by atoms with E-state index in [1.54, 1.807) is 18.4 Å². The Morgan fingerprint density at radius 1 is 1.37 bits per heavy atom. The maximum Gasteiger partial charge on any atom is 0.191 e. The van der Waals surface area contributed by atoms with Crippen LogP contribution >= 0.6 is 11.3 Å². The minimum Gasteiger partial charge on any atom is -0.379 e. The molecule has 0 atom stereocenters. The van der Waals surface area contributed by atoms with Crippen LogP contribution in [0.3, 0.4) is 0 Å². The van der Waals surface area contributed by atoms with E-state index in [9.17, 15) is 0 Å². The number of thiophene rings is 1. The van der Waals surface area contributed by atoms with Crippen LogP contribution in [-0.4, -0.2) is 39.3 Å². The van der Waals surface area contributed by atoms with Crippen molar-refractivity contribution in [1.29, 1.82) is 0 Å². The molecule has 0 aliphatic carbocycles. The summed E-state index contributed by atoms with van der Waals surface area (Å²) in [5.74, 6) is 1.42. The van der Waals surface area contributed by atoms with Crippen LogP contribution in [0.1, 0.15) is 18.7 Å². The van der Waals surface area contributed by atoms with Crippen molar-refractivity contribution in [3.05, 3.63) is 22.4 Å². The van der Waals surface area contributed by atoms with Gasteiger partial charge in [0.05, 0.1) is 6.61 Å². The van der Waals surface area contributed by atoms with Crippen molar-refractivity contribution >= 4 is 17.3 Å². The Kier molecular flexibility index (Phi) is 8.25. The molecule has 1 rings (SSSR count). The molecule has 108 valence electrons. The first-order valence-corrected chi connectivity index (χ1v) is 7.65. The fourth-order valence-corrected chi connectivity index (χ4v) is 2.25. The standard InChI is InChI=1S/C14H25N3OS/c1-12(2)11-18-9-8-17-14(15-3)16-7-6-13-5-4-10-19-13/h4-5,10,12H,6-9,11H2,1-3H3,(H2,15,16,17). The number of guanidine groups is 1. The molecule has 0 radical (unpaired) electrons. The van der Waals surface area contributed by atoms with E-state index in [4.69, 9.17) is 4.74 Å². The van der Waals surface area contributed by atoms with Crippen LogP contribution in [0, 0.1) is 5.92 Å². The van der Waals surface area contributed by atoms with Crippen molar-refractivity contribution < 1.29 is 4.74 Å². The summed E-state index contributed by atoms with van der Waals surface area (Å²) in [6.45, 7) is 7.51. The maximum absolute atomic E-state index is 5.51. The van der Waals surface area contributed by atoms with E-state index in [0.29, 0.717) is 12.5 Å². The van der Waals surface area contributed by atoms with Gasteiger partial charge in [-0.2, -0.15) is 0 Å². The molecule has 0 saturated heterocycles. The largest absolute Gasteiger partial charge is 0.379 e. The fraction of sp³-hybridized carbons (Fsp3) is 0.643. The third-order valence-corrected chi connectivity index (χ3v) is 3.39. The molecule has 0 aromatic carbocycles. The second-order valence-corrected chi connectivity index (χ2v) is 5.76. The van der Waals surface area contributed by atoms with Crippen molar-refractivity contribution in [2.24, 2.45) is 10.9 Å². The van der Waals surface area contributed by atoms with Gasteiger partial charge in [0.1, 0.15) is 0 Å². The zero-order valence-corrected chi connectivity index (χ0v) is 12.9. The monoisotopic (exact) mass is 283 g/mol. The molecule has 2 N–H and O–H groups in total. The number of hydrogen-bond acceptors (Lipinski definition) is 3. The number of aliphatic imine (C=N–C) groups is 1. The molecule has 0 bridgehead atoms. The summed E-state index contributed by atoms with van der Waals surface area (Å²) in [5.41, 5.74) is 0. The lowest BCUT2D eigenvalue weighted by molar-refractivity contribution is 0.114. The van der Waals surface area contributed by atoms with E-state index < -0.39 is 0 Å². The second kappa shape index (κ2) is 9.81. The Morgan fingerprint density at radius 3 is 2.79 bits per heavy atom. The maximum atomic E-state index is 5.51. The normalized spacial score (nSPS) is 11.9. The zero-order valence-electron chi connectivity index (χ0n) is 12.1. The van der Waals surface area contributed by atoms with Crippen LogP contribution in [0.5, 0.6) is 0 Å². The minimum absolute atomic E-state index is 0.586. The summed E-state index contributed by atoms with van der Waals surface area (Å²) in [5, 5.41) is 8.64. The first-order valence-electron chi connectivity index (χ1n) is 6.77. The van der Waals surface area contributed by atoms with Gasteiger partial charge < -0.3 is 15.4 Å². The van der Waals surface area contributed by atoms with Gasteiger partial charge >= 0.3 is 0 Å². The Labute approximate surface area is 120 Å². The number of ether oxygens (including phenoxy) is 1. The average Bonchev–Trinajstić information content (AvgIpc) is 2.89. The highest BCUT2D eigenvalue weighted by molar-refractivity contribution is 7.09. The summed E-state index contributed by atoms with van der Waals surface area (Å²) < 4.78 is 5.51. The molecule has 0 aliphatic rings. The van der Waals surface area contributed by atoms with Crippen LogP contribution in [0.25, 0.3) is 0 Å². The fourth-order valence-electron chi connectivity index (χ4n) is 1.54. The summed E-state index contributed by atoms with van der Waals surface area (Å²) in [6, 6.07) is 4.24. The molecule has 1 aromatic rings. The lowest BCUT2D eigenvalue weighted by atomic mass is 10.2. The Balaban J connectivity index is 2.06. The van der Waals surface area contributed by atoms with E-state index >= 15 is 0 Å². The van der Waals surface area contributed by atoms with Crippen molar-refractivity contribution in [2.45, 2.75) is 20.3 Å². The van der Waals surface area contributed by atoms with E-state index in [1.165, 1.54) is 4.88 Å². The van der Waals surface area contributed by atoms with Gasteiger partial charge in [-0.05, 0) is 23.8 Å². The Bertz CT molecular complexity index is 350. The zero-order chi connectivity index (χ0) is 13.9. The number of hydrogen-bond donors (Lipinski definition) is 2. The summed E-state index contributed by atoms with van der Waals surface area (Å²) in [6.07, 6.45) is 1.03. The smallest absolute Gasteiger partial charge is 0.191 e. The minimum atomic E-state index is 0.586. The van der Waals surface area contributed by atoms with E-state index in [2.05, 4.69) is 47.0 Å². The quantitative estimate of drug-likeness (QED) is 0.436. The Morgan fingerprint density at radius 2 is 2.16 bits per heavy atom. The number of nitrogens with one attached hydrogen (secondary N) is 2. The van der Waals surface area contributed by atoms with Gasteiger partial charge in [-0.3, -0.25) is 4.99 Å². The SMILES string of the molecule is CN=C(NCCOCC(C)C)NCCc1cccs1. The first-order chi connectivity index (χ1) is 9.22. The van der Waals surface area contributed by atoms with Crippen molar-refractivity contribution in [3.63, 3.8) is 0 Å². The van der Waals surface area contributed by atoms with Crippen LogP contribution in [0.4, 0.5) is 0 Å². The van der Waals surface area contributed by atoms with Crippen LogP contribution < -0.4 is 10.6 Å². The predicted molar refractivity (Wildman–Crippen MR) is 83.0 cm³/mol. The van der Waals surface area contributed by atoms with Gasteiger partial charge in [0.15, 0.2) is 5.96 Å². The number of nitrogens with zero attached hydrogens (tertiary/aromatic N) is 1. The van der Waals surface area contributed by atoms with E-state index in [-0.39, 0.29) is 0 Å². The van der Waals surface area contributed by atoms with Gasteiger partial charge in [-0.25, -0.2) is 0 Å². The Hall–Kier alpha value is -1.07. The van der Waals surface area contributed by atoms with Crippen LogP contribution in [-0.2, 0) is 11.2 Å². The van der Waals surface area contributed by atoms with Gasteiger partial charge in [-0.15, -0.1) is 11.3 Å². The predicted octanol–water partition coefficient (Wildman–Crippen LogP) is 2.13. The highest BCUT2D eigenvalue weighted by atomic mass is 32.1. The van der Waals surface area contributed by atoms with E-state index in [0.717, 1.165) is 32.1 Å². The molecule has 0 amide bonds.